The van der Waals surface area contributed by atoms with Crippen LogP contribution in [0.25, 0.3) is 0 Å². The highest BCUT2D eigenvalue weighted by Gasteiger charge is 2.28. The summed E-state index contributed by atoms with van der Waals surface area (Å²) >= 11 is 0. The van der Waals surface area contributed by atoms with Crippen LogP contribution in [0.2, 0.25) is 0 Å². The van der Waals surface area contributed by atoms with Crippen LogP contribution < -0.4 is 5.32 Å². The third-order valence-corrected chi connectivity index (χ3v) is 3.88. The van der Waals surface area contributed by atoms with Crippen LogP contribution in [-0.2, 0) is 4.74 Å². The predicted molar refractivity (Wildman–Crippen MR) is 74.4 cm³/mol. The Morgan fingerprint density at radius 3 is 2.53 bits per heavy atom. The van der Waals surface area contributed by atoms with Crippen LogP contribution in [0.1, 0.15) is 65.7 Å². The van der Waals surface area contributed by atoms with E-state index in [1.165, 1.54) is 44.9 Å². The molecule has 0 aromatic carbocycles. The van der Waals surface area contributed by atoms with Gasteiger partial charge in [-0.15, -0.1) is 0 Å². The lowest BCUT2D eigenvalue weighted by molar-refractivity contribution is 0.116. The summed E-state index contributed by atoms with van der Waals surface area (Å²) in [6, 6.07) is 0.687. The highest BCUT2D eigenvalue weighted by molar-refractivity contribution is 4.81. The van der Waals surface area contributed by atoms with Crippen molar-refractivity contribution in [2.45, 2.75) is 77.9 Å². The first-order valence-corrected chi connectivity index (χ1v) is 7.62. The summed E-state index contributed by atoms with van der Waals surface area (Å²) in [7, 11) is 0. The van der Waals surface area contributed by atoms with Gasteiger partial charge in [-0.2, -0.15) is 0 Å². The number of unbranched alkanes of at least 4 members (excludes halogenated alkanes) is 4. The molecule has 1 fully saturated rings. The second kappa shape index (κ2) is 8.93. The Labute approximate surface area is 108 Å². The van der Waals surface area contributed by atoms with E-state index in [2.05, 4.69) is 26.1 Å². The Morgan fingerprint density at radius 2 is 1.94 bits per heavy atom. The molecule has 3 unspecified atom stereocenters. The van der Waals surface area contributed by atoms with E-state index >= 15 is 0 Å². The molecule has 1 heterocycles. The third kappa shape index (κ3) is 5.87. The largest absolute Gasteiger partial charge is 0.378 e. The normalized spacial score (nSPS) is 26.3. The Morgan fingerprint density at radius 1 is 1.18 bits per heavy atom. The van der Waals surface area contributed by atoms with Gasteiger partial charge in [-0.3, -0.25) is 0 Å². The molecule has 1 aliphatic heterocycles. The van der Waals surface area contributed by atoms with E-state index in [-0.39, 0.29) is 0 Å². The van der Waals surface area contributed by atoms with Crippen LogP contribution in [0.4, 0.5) is 0 Å². The maximum atomic E-state index is 5.70. The number of hydrogen-bond acceptors (Lipinski definition) is 2. The summed E-state index contributed by atoms with van der Waals surface area (Å²) in [6.45, 7) is 8.74. The van der Waals surface area contributed by atoms with E-state index < -0.39 is 0 Å². The van der Waals surface area contributed by atoms with Crippen molar-refractivity contribution >= 4 is 0 Å². The average molecular weight is 241 g/mol. The first-order valence-electron chi connectivity index (χ1n) is 7.62. The van der Waals surface area contributed by atoms with Gasteiger partial charge in [0.25, 0.3) is 0 Å². The van der Waals surface area contributed by atoms with E-state index in [9.17, 15) is 0 Å². The molecular weight excluding hydrogens is 210 g/mol. The summed E-state index contributed by atoms with van der Waals surface area (Å²) in [6.07, 6.45) is 9.97. The fourth-order valence-electron chi connectivity index (χ4n) is 2.87. The number of ether oxygens (including phenoxy) is 1. The molecule has 3 atom stereocenters. The van der Waals surface area contributed by atoms with Gasteiger partial charge >= 0.3 is 0 Å². The lowest BCUT2D eigenvalue weighted by atomic mass is 9.92. The lowest BCUT2D eigenvalue weighted by Gasteiger charge is -2.23. The molecule has 0 radical (unpaired) electrons. The first-order chi connectivity index (χ1) is 8.27. The monoisotopic (exact) mass is 241 g/mol. The molecule has 0 amide bonds. The molecule has 0 spiro atoms. The first kappa shape index (κ1) is 15.0. The van der Waals surface area contributed by atoms with Crippen molar-refractivity contribution in [1.29, 1.82) is 0 Å². The van der Waals surface area contributed by atoms with Crippen LogP contribution in [-0.4, -0.2) is 25.3 Å². The average Bonchev–Trinajstić information content (AvgIpc) is 2.74. The van der Waals surface area contributed by atoms with Crippen LogP contribution in [0.5, 0.6) is 0 Å². The molecule has 1 saturated heterocycles. The Hall–Kier alpha value is -0.0800. The van der Waals surface area contributed by atoms with Gasteiger partial charge in [0, 0.05) is 12.0 Å². The Kier molecular flexibility index (Phi) is 7.87. The standard InChI is InChI=1S/C15H31NO/c1-4-6-7-8-9-10-15(16-5-2)14-11-13(3)17-12-14/h13-16H,4-12H2,1-3H3. The van der Waals surface area contributed by atoms with Gasteiger partial charge in [0.1, 0.15) is 0 Å². The number of hydrogen-bond donors (Lipinski definition) is 1. The minimum Gasteiger partial charge on any atom is -0.378 e. The molecule has 0 aliphatic carbocycles. The van der Waals surface area contributed by atoms with Crippen molar-refractivity contribution in [2.24, 2.45) is 5.92 Å². The van der Waals surface area contributed by atoms with Gasteiger partial charge in [-0.05, 0) is 26.3 Å². The maximum absolute atomic E-state index is 5.70. The van der Waals surface area contributed by atoms with Gasteiger partial charge in [0.05, 0.1) is 12.7 Å². The van der Waals surface area contributed by atoms with Crippen molar-refractivity contribution in [1.82, 2.24) is 5.32 Å². The van der Waals surface area contributed by atoms with Crippen molar-refractivity contribution in [3.05, 3.63) is 0 Å². The van der Waals surface area contributed by atoms with Gasteiger partial charge in [0.2, 0.25) is 0 Å². The number of rotatable bonds is 9. The van der Waals surface area contributed by atoms with Gasteiger partial charge in [0.15, 0.2) is 0 Å². The van der Waals surface area contributed by atoms with E-state index in [0.29, 0.717) is 12.1 Å². The summed E-state index contributed by atoms with van der Waals surface area (Å²) in [5.74, 6) is 0.746. The van der Waals surface area contributed by atoms with Gasteiger partial charge < -0.3 is 10.1 Å². The fraction of sp³-hybridized carbons (Fsp3) is 1.00. The second-order valence-corrected chi connectivity index (χ2v) is 5.51. The lowest BCUT2D eigenvalue weighted by Crippen LogP contribution is -2.36. The molecule has 1 aliphatic rings. The Balaban J connectivity index is 2.18. The van der Waals surface area contributed by atoms with Crippen LogP contribution >= 0.6 is 0 Å². The van der Waals surface area contributed by atoms with Gasteiger partial charge in [-0.1, -0.05) is 46.0 Å². The molecule has 0 aromatic heterocycles. The molecule has 0 saturated carbocycles. The van der Waals surface area contributed by atoms with E-state index in [1.54, 1.807) is 0 Å². The molecule has 0 bridgehead atoms. The minimum atomic E-state index is 0.473. The van der Waals surface area contributed by atoms with E-state index in [4.69, 9.17) is 4.74 Å². The van der Waals surface area contributed by atoms with Crippen molar-refractivity contribution in [3.8, 4) is 0 Å². The third-order valence-electron chi connectivity index (χ3n) is 3.88. The van der Waals surface area contributed by atoms with Gasteiger partial charge in [-0.25, -0.2) is 0 Å². The molecule has 102 valence electrons. The summed E-state index contributed by atoms with van der Waals surface area (Å²) < 4.78 is 5.70. The SMILES string of the molecule is CCCCCCCC(NCC)C1COC(C)C1. The molecule has 17 heavy (non-hydrogen) atoms. The highest BCUT2D eigenvalue weighted by atomic mass is 16.5. The van der Waals surface area contributed by atoms with E-state index in [0.717, 1.165) is 19.1 Å². The summed E-state index contributed by atoms with van der Waals surface area (Å²) in [5.41, 5.74) is 0. The highest BCUT2D eigenvalue weighted by Crippen LogP contribution is 2.25. The zero-order chi connectivity index (χ0) is 12.5. The maximum Gasteiger partial charge on any atom is 0.0551 e. The minimum absolute atomic E-state index is 0.473. The fourth-order valence-corrected chi connectivity index (χ4v) is 2.87. The van der Waals surface area contributed by atoms with Crippen molar-refractivity contribution in [2.75, 3.05) is 13.2 Å². The zero-order valence-electron chi connectivity index (χ0n) is 12.0. The quantitative estimate of drug-likeness (QED) is 0.621. The van der Waals surface area contributed by atoms with E-state index in [1.807, 2.05) is 0 Å². The van der Waals surface area contributed by atoms with Crippen LogP contribution in [0.15, 0.2) is 0 Å². The molecule has 1 N–H and O–H groups in total. The molecule has 1 rings (SSSR count). The predicted octanol–water partition coefficient (Wildman–Crippen LogP) is 3.75. The molecule has 2 nitrogen and oxygen atoms in total. The molecular formula is C15H31NO. The zero-order valence-corrected chi connectivity index (χ0v) is 12.0. The topological polar surface area (TPSA) is 21.3 Å². The van der Waals surface area contributed by atoms with Crippen molar-refractivity contribution < 1.29 is 4.74 Å². The molecule has 2 heteroatoms. The molecule has 0 aromatic rings. The Bertz CT molecular complexity index is 184. The second-order valence-electron chi connectivity index (χ2n) is 5.51. The number of nitrogens with one attached hydrogen (secondary N) is 1. The van der Waals surface area contributed by atoms with Crippen LogP contribution in [0, 0.1) is 5.92 Å². The summed E-state index contributed by atoms with van der Waals surface area (Å²) in [5, 5.41) is 3.66. The van der Waals surface area contributed by atoms with Crippen molar-refractivity contribution in [3.63, 3.8) is 0 Å². The summed E-state index contributed by atoms with van der Waals surface area (Å²) in [4.78, 5) is 0. The smallest absolute Gasteiger partial charge is 0.0551 e. The van der Waals surface area contributed by atoms with Crippen LogP contribution in [0.3, 0.4) is 0 Å².